The van der Waals surface area contributed by atoms with E-state index < -0.39 is 59.8 Å². The molecule has 266 valence electrons. The van der Waals surface area contributed by atoms with Crippen LogP contribution >= 0.6 is 0 Å². The van der Waals surface area contributed by atoms with Gasteiger partial charge in [-0.05, 0) is 123 Å². The second-order valence-corrected chi connectivity index (χ2v) is 17.4. The molecule has 0 aromatic heterocycles. The van der Waals surface area contributed by atoms with E-state index in [1.807, 2.05) is 6.92 Å². The molecule has 2 unspecified atom stereocenters. The lowest BCUT2D eigenvalue weighted by Crippen LogP contribution is -2.68. The van der Waals surface area contributed by atoms with Crippen LogP contribution in [0, 0.1) is 56.7 Å². The number of hydrogen-bond acceptors (Lipinski definition) is 9. The quantitative estimate of drug-likeness (QED) is 0.138. The number of carboxylic acid groups (broad SMARTS) is 1. The minimum absolute atomic E-state index is 0.0653. The summed E-state index contributed by atoms with van der Waals surface area (Å²) in [6.45, 7) is 15.0. The van der Waals surface area contributed by atoms with Crippen LogP contribution in [0.15, 0.2) is 12.2 Å². The van der Waals surface area contributed by atoms with Crippen molar-refractivity contribution >= 4 is 11.9 Å². The van der Waals surface area contributed by atoms with Crippen LogP contribution in [0.25, 0.3) is 0 Å². The third-order valence-electron chi connectivity index (χ3n) is 15.9. The third-order valence-corrected chi connectivity index (χ3v) is 15.9. The summed E-state index contributed by atoms with van der Waals surface area (Å²) in [5.74, 6) is -3.71. The number of allylic oxidation sites excluding steroid dienone is 1. The van der Waals surface area contributed by atoms with Gasteiger partial charge in [0.2, 0.25) is 0 Å². The summed E-state index contributed by atoms with van der Waals surface area (Å²) in [5, 5.41) is 62.8. The molecular formula is C37H58O10. The van der Waals surface area contributed by atoms with Gasteiger partial charge in [0.1, 0.15) is 18.3 Å². The van der Waals surface area contributed by atoms with Gasteiger partial charge >= 0.3 is 17.9 Å². The van der Waals surface area contributed by atoms with E-state index in [1.54, 1.807) is 0 Å². The average Bonchev–Trinajstić information content (AvgIpc) is 3.43. The van der Waals surface area contributed by atoms with Gasteiger partial charge in [0.05, 0.1) is 17.4 Å². The molecule has 1 heterocycles. The van der Waals surface area contributed by atoms with Crippen LogP contribution in [-0.2, 0) is 19.1 Å². The molecule has 10 heteroatoms. The number of hydrogen-bond donors (Lipinski definition) is 6. The molecule has 1 aliphatic heterocycles. The summed E-state index contributed by atoms with van der Waals surface area (Å²) in [6.07, 6.45) is 2.53. The number of fused-ring (bicyclic) bond motifs is 7. The van der Waals surface area contributed by atoms with Crippen molar-refractivity contribution in [3.05, 3.63) is 12.2 Å². The number of carbonyl (C=O) groups excluding carboxylic acids is 1. The molecule has 0 amide bonds. The lowest BCUT2D eigenvalue weighted by molar-refractivity contribution is -0.436. The first-order valence-electron chi connectivity index (χ1n) is 18.1. The van der Waals surface area contributed by atoms with Gasteiger partial charge in [-0.25, -0.2) is 0 Å². The highest BCUT2D eigenvalue weighted by atomic mass is 16.8. The SMILES string of the molecule is C=C(CC)[C@@H]1CC[C@]2(C(=O)O[C@]3(O)OC(CO)[C@@H](O)C(O)[C@@H]3O)CC[C@]3(C)[C@H](CC[C@@H]4[C@@]5(C)CCC[C@@](C)(C(=O)O)[C@@H]5CC[C@]43C)[C@@H]12. The van der Waals surface area contributed by atoms with Crippen molar-refractivity contribution in [1.29, 1.82) is 0 Å². The van der Waals surface area contributed by atoms with Crippen LogP contribution in [0.4, 0.5) is 0 Å². The Morgan fingerprint density at radius 1 is 0.872 bits per heavy atom. The van der Waals surface area contributed by atoms with Crippen molar-refractivity contribution in [3.63, 3.8) is 0 Å². The Labute approximate surface area is 278 Å². The second-order valence-electron chi connectivity index (χ2n) is 17.4. The highest BCUT2D eigenvalue weighted by Crippen LogP contribution is 2.77. The van der Waals surface area contributed by atoms with Crippen LogP contribution < -0.4 is 0 Å². The molecule has 47 heavy (non-hydrogen) atoms. The van der Waals surface area contributed by atoms with E-state index in [2.05, 4.69) is 34.3 Å². The Morgan fingerprint density at radius 3 is 2.21 bits per heavy atom. The Hall–Kier alpha value is -1.56. The second kappa shape index (κ2) is 11.5. The van der Waals surface area contributed by atoms with Crippen LogP contribution in [-0.4, -0.2) is 79.6 Å². The number of aliphatic hydroxyl groups is 5. The van der Waals surface area contributed by atoms with Gasteiger partial charge < -0.3 is 40.1 Å². The van der Waals surface area contributed by atoms with E-state index in [-0.39, 0.29) is 39.9 Å². The number of rotatable bonds is 6. The van der Waals surface area contributed by atoms with E-state index >= 15 is 0 Å². The molecule has 6 aliphatic rings. The van der Waals surface area contributed by atoms with E-state index in [9.17, 15) is 40.2 Å². The normalized spacial score (nSPS) is 54.0. The maximum atomic E-state index is 14.5. The van der Waals surface area contributed by atoms with Crippen molar-refractivity contribution in [2.75, 3.05) is 6.61 Å². The van der Waals surface area contributed by atoms with Crippen molar-refractivity contribution in [1.82, 2.24) is 0 Å². The summed E-state index contributed by atoms with van der Waals surface area (Å²) in [6, 6.07) is 0. The van der Waals surface area contributed by atoms with E-state index in [1.165, 1.54) is 0 Å². The maximum absolute atomic E-state index is 14.5. The number of aliphatic carboxylic acids is 1. The third kappa shape index (κ3) is 4.63. The molecule has 0 spiro atoms. The molecule has 0 aromatic rings. The molecular weight excluding hydrogens is 604 g/mol. The van der Waals surface area contributed by atoms with Crippen LogP contribution in [0.5, 0.6) is 0 Å². The topological polar surface area (TPSA) is 174 Å². The van der Waals surface area contributed by atoms with Gasteiger partial charge in [-0.3, -0.25) is 9.59 Å². The molecule has 0 bridgehead atoms. The van der Waals surface area contributed by atoms with Crippen molar-refractivity contribution in [2.45, 2.75) is 142 Å². The highest BCUT2D eigenvalue weighted by molar-refractivity contribution is 5.79. The number of carbonyl (C=O) groups is 2. The zero-order chi connectivity index (χ0) is 34.5. The molecule has 10 nitrogen and oxygen atoms in total. The van der Waals surface area contributed by atoms with Gasteiger partial charge in [0.15, 0.2) is 6.10 Å². The van der Waals surface area contributed by atoms with Crippen LogP contribution in [0.3, 0.4) is 0 Å². The molecule has 0 radical (unpaired) electrons. The molecule has 6 rings (SSSR count). The summed E-state index contributed by atoms with van der Waals surface area (Å²) < 4.78 is 11.1. The molecule has 5 saturated carbocycles. The fourth-order valence-electron chi connectivity index (χ4n) is 13.1. The molecule has 1 saturated heterocycles. The number of ether oxygens (including phenoxy) is 2. The fraction of sp³-hybridized carbons (Fsp3) is 0.892. The highest BCUT2D eigenvalue weighted by Gasteiger charge is 2.73. The lowest BCUT2D eigenvalue weighted by Gasteiger charge is -2.72. The van der Waals surface area contributed by atoms with Gasteiger partial charge in [-0.1, -0.05) is 46.3 Å². The number of esters is 1. The van der Waals surface area contributed by atoms with Crippen molar-refractivity contribution in [2.24, 2.45) is 56.7 Å². The van der Waals surface area contributed by atoms with Crippen LogP contribution in [0.2, 0.25) is 0 Å². The summed E-state index contributed by atoms with van der Waals surface area (Å²) in [5.41, 5.74) is -0.895. The summed E-state index contributed by atoms with van der Waals surface area (Å²) in [4.78, 5) is 27.2. The molecule has 15 atom stereocenters. The number of carboxylic acids is 1. The van der Waals surface area contributed by atoms with Gasteiger partial charge in [0.25, 0.3) is 0 Å². The lowest BCUT2D eigenvalue weighted by atomic mass is 9.32. The Kier molecular flexibility index (Phi) is 8.62. The van der Waals surface area contributed by atoms with E-state index in [4.69, 9.17) is 9.47 Å². The standard InChI is InChI=1S/C37H58O10/c1-7-20(2)21-11-16-36(31(44)47-37(45)29(41)28(40)27(39)23(19-38)46-37)18-17-34(5)22(26(21)36)9-10-25-32(3)13-8-14-33(4,30(42)43)24(32)12-15-35(25,34)6/h21-29,38-41,45H,2,7-19H2,1,3-6H3,(H,42,43)/t21-,22+,23?,24+,25+,26+,27+,28?,29-,32-,33+,34+,35+,36-,37+/m0/s1. The Morgan fingerprint density at radius 2 is 1.57 bits per heavy atom. The predicted molar refractivity (Wildman–Crippen MR) is 171 cm³/mol. The van der Waals surface area contributed by atoms with Crippen molar-refractivity contribution < 1.29 is 49.7 Å². The minimum Gasteiger partial charge on any atom is -0.481 e. The smallest absolute Gasteiger partial charge is 0.357 e. The average molecular weight is 663 g/mol. The maximum Gasteiger partial charge on any atom is 0.357 e. The van der Waals surface area contributed by atoms with Gasteiger partial charge in [0, 0.05) is 0 Å². The fourth-order valence-corrected chi connectivity index (χ4v) is 13.1. The zero-order valence-corrected chi connectivity index (χ0v) is 28.9. The first-order valence-corrected chi connectivity index (χ1v) is 18.1. The van der Waals surface area contributed by atoms with E-state index in [0.717, 1.165) is 69.8 Å². The first kappa shape index (κ1) is 35.3. The van der Waals surface area contributed by atoms with E-state index in [0.29, 0.717) is 18.8 Å². The number of aliphatic hydroxyl groups excluding tert-OH is 4. The first-order chi connectivity index (χ1) is 21.9. The summed E-state index contributed by atoms with van der Waals surface area (Å²) >= 11 is 0. The molecule has 5 aliphatic carbocycles. The molecule has 6 fully saturated rings. The largest absolute Gasteiger partial charge is 0.481 e. The van der Waals surface area contributed by atoms with Crippen molar-refractivity contribution in [3.8, 4) is 0 Å². The molecule has 0 aromatic carbocycles. The minimum atomic E-state index is -2.93. The molecule has 6 N–H and O–H groups in total. The van der Waals surface area contributed by atoms with Crippen LogP contribution in [0.1, 0.15) is 112 Å². The Bertz CT molecular complexity index is 1290. The monoisotopic (exact) mass is 662 g/mol. The van der Waals surface area contributed by atoms with Gasteiger partial charge in [-0.2, -0.15) is 0 Å². The Balaban J connectivity index is 1.36. The zero-order valence-electron chi connectivity index (χ0n) is 28.9. The predicted octanol–water partition coefficient (Wildman–Crippen LogP) is 4.15. The summed E-state index contributed by atoms with van der Waals surface area (Å²) in [7, 11) is 0. The van der Waals surface area contributed by atoms with Gasteiger partial charge in [-0.15, -0.1) is 0 Å².